The van der Waals surface area contributed by atoms with Crippen LogP contribution in [0.25, 0.3) is 11.0 Å². The molecule has 2 fully saturated rings. The van der Waals surface area contributed by atoms with E-state index < -0.39 is 0 Å². The summed E-state index contributed by atoms with van der Waals surface area (Å²) in [6.07, 6.45) is 5.49. The Morgan fingerprint density at radius 2 is 2.12 bits per heavy atom. The number of anilines is 1. The number of benzene rings is 1. The van der Waals surface area contributed by atoms with Crippen molar-refractivity contribution in [1.82, 2.24) is 19.9 Å². The first-order valence-electron chi connectivity index (χ1n) is 11.5. The fourth-order valence-corrected chi connectivity index (χ4v) is 5.17. The molecule has 1 aromatic carbocycles. The molecule has 1 aliphatic carbocycles. The van der Waals surface area contributed by atoms with Gasteiger partial charge >= 0.3 is 0 Å². The summed E-state index contributed by atoms with van der Waals surface area (Å²) >= 11 is 0. The van der Waals surface area contributed by atoms with E-state index >= 15 is 0 Å². The quantitative estimate of drug-likeness (QED) is 0.643. The summed E-state index contributed by atoms with van der Waals surface area (Å²) in [5.41, 5.74) is 3.04. The van der Waals surface area contributed by atoms with Crippen molar-refractivity contribution in [2.45, 2.75) is 50.3 Å². The Morgan fingerprint density at radius 1 is 1.22 bits per heavy atom. The summed E-state index contributed by atoms with van der Waals surface area (Å²) in [4.78, 5) is 15.0. The average molecular weight is 438 g/mol. The number of ether oxygens (including phenoxy) is 2. The second-order valence-electron chi connectivity index (χ2n) is 9.20. The Balaban J connectivity index is 1.38. The standard InChI is InChI=1S/C24H28FN5O2/c1-14-11-30(7-8-31-14)20-12-32-21-9-16(25)5-6-17(21)22(20)29-24-18-10-19(15-3-2-4-15)28-23(18)26-13-27-24/h5-6,9-10,13-15,20,22H,2-4,7-8,11-12H2,1H3,(H2,26,27,28,29). The minimum Gasteiger partial charge on any atom is -0.491 e. The zero-order chi connectivity index (χ0) is 21.7. The number of H-pyrrole nitrogens is 1. The number of fused-ring (bicyclic) bond motifs is 2. The molecule has 2 aliphatic heterocycles. The summed E-state index contributed by atoms with van der Waals surface area (Å²) in [5, 5.41) is 4.69. The van der Waals surface area contributed by atoms with Crippen LogP contribution in [-0.2, 0) is 4.74 Å². The number of morpholine rings is 1. The molecule has 32 heavy (non-hydrogen) atoms. The van der Waals surface area contributed by atoms with Crippen molar-refractivity contribution in [3.63, 3.8) is 0 Å². The van der Waals surface area contributed by atoms with E-state index in [-0.39, 0.29) is 24.0 Å². The van der Waals surface area contributed by atoms with Gasteiger partial charge < -0.3 is 19.8 Å². The highest BCUT2D eigenvalue weighted by Gasteiger charge is 2.37. The molecule has 2 N–H and O–H groups in total. The number of aromatic amines is 1. The van der Waals surface area contributed by atoms with Gasteiger partial charge in [-0.1, -0.05) is 12.5 Å². The third-order valence-electron chi connectivity index (χ3n) is 7.13. The molecular formula is C24H28FN5O2. The molecule has 0 spiro atoms. The monoisotopic (exact) mass is 437 g/mol. The van der Waals surface area contributed by atoms with Gasteiger partial charge in [0.2, 0.25) is 0 Å². The van der Waals surface area contributed by atoms with Gasteiger partial charge in [-0.05, 0) is 37.8 Å². The van der Waals surface area contributed by atoms with Crippen molar-refractivity contribution in [2.75, 3.05) is 31.6 Å². The molecule has 1 saturated heterocycles. The van der Waals surface area contributed by atoms with Crippen LogP contribution in [0.15, 0.2) is 30.6 Å². The molecule has 8 heteroatoms. The van der Waals surface area contributed by atoms with Crippen LogP contribution in [0.3, 0.4) is 0 Å². The Labute approximate surface area is 186 Å². The third kappa shape index (κ3) is 3.51. The first-order chi connectivity index (χ1) is 15.7. The van der Waals surface area contributed by atoms with Gasteiger partial charge in [0.25, 0.3) is 0 Å². The van der Waals surface area contributed by atoms with E-state index in [1.165, 1.54) is 37.1 Å². The van der Waals surface area contributed by atoms with Crippen LogP contribution in [0.4, 0.5) is 10.2 Å². The molecule has 7 nitrogen and oxygen atoms in total. The number of hydrogen-bond acceptors (Lipinski definition) is 6. The molecule has 1 saturated carbocycles. The Hall–Kier alpha value is -2.71. The first kappa shape index (κ1) is 19.9. The molecule has 0 bridgehead atoms. The van der Waals surface area contributed by atoms with Crippen molar-refractivity contribution in [3.05, 3.63) is 47.7 Å². The van der Waals surface area contributed by atoms with E-state index in [1.807, 2.05) is 6.07 Å². The smallest absolute Gasteiger partial charge is 0.143 e. The lowest BCUT2D eigenvalue weighted by Gasteiger charge is -2.43. The highest BCUT2D eigenvalue weighted by atomic mass is 19.1. The largest absolute Gasteiger partial charge is 0.491 e. The molecule has 6 rings (SSSR count). The molecule has 168 valence electrons. The number of nitrogens with one attached hydrogen (secondary N) is 2. The lowest BCUT2D eigenvalue weighted by atomic mass is 9.83. The van der Waals surface area contributed by atoms with Gasteiger partial charge in [-0.3, -0.25) is 4.90 Å². The van der Waals surface area contributed by atoms with E-state index in [4.69, 9.17) is 9.47 Å². The van der Waals surface area contributed by atoms with E-state index in [9.17, 15) is 4.39 Å². The number of aromatic nitrogens is 3. The Bertz CT molecular complexity index is 1130. The predicted molar refractivity (Wildman–Crippen MR) is 120 cm³/mol. The lowest BCUT2D eigenvalue weighted by Crippen LogP contribution is -2.54. The molecule has 0 radical (unpaired) electrons. The molecule has 4 heterocycles. The van der Waals surface area contributed by atoms with Gasteiger partial charge in [-0.15, -0.1) is 0 Å². The van der Waals surface area contributed by atoms with Crippen LogP contribution < -0.4 is 10.1 Å². The summed E-state index contributed by atoms with van der Waals surface area (Å²) in [6, 6.07) is 6.98. The SMILES string of the molecule is CC1CN(C2COc3cc(F)ccc3C2Nc2ncnc3[nH]c(C4CCC4)cc23)CCO1. The zero-order valence-corrected chi connectivity index (χ0v) is 18.2. The maximum Gasteiger partial charge on any atom is 0.143 e. The average Bonchev–Trinajstić information content (AvgIpc) is 3.17. The van der Waals surface area contributed by atoms with Gasteiger partial charge in [-0.2, -0.15) is 0 Å². The molecular weight excluding hydrogens is 409 g/mol. The van der Waals surface area contributed by atoms with Crippen LogP contribution in [0.2, 0.25) is 0 Å². The van der Waals surface area contributed by atoms with Crippen LogP contribution in [0.1, 0.15) is 49.4 Å². The normalized spacial score (nSPS) is 26.4. The summed E-state index contributed by atoms with van der Waals surface area (Å²) < 4.78 is 25.7. The minimum absolute atomic E-state index is 0.0781. The molecule has 3 aliphatic rings. The maximum atomic E-state index is 13.9. The van der Waals surface area contributed by atoms with Crippen molar-refractivity contribution < 1.29 is 13.9 Å². The molecule has 0 amide bonds. The van der Waals surface area contributed by atoms with Crippen molar-refractivity contribution in [3.8, 4) is 5.75 Å². The summed E-state index contributed by atoms with van der Waals surface area (Å²) in [7, 11) is 0. The summed E-state index contributed by atoms with van der Waals surface area (Å²) in [6.45, 7) is 4.94. The number of nitrogens with zero attached hydrogens (tertiary/aromatic N) is 3. The van der Waals surface area contributed by atoms with E-state index in [0.29, 0.717) is 24.9 Å². The lowest BCUT2D eigenvalue weighted by molar-refractivity contribution is -0.0465. The number of rotatable bonds is 4. The first-order valence-corrected chi connectivity index (χ1v) is 11.5. The van der Waals surface area contributed by atoms with E-state index in [0.717, 1.165) is 35.5 Å². The highest BCUT2D eigenvalue weighted by molar-refractivity contribution is 5.88. The summed E-state index contributed by atoms with van der Waals surface area (Å²) in [5.74, 6) is 1.69. The molecule has 3 aromatic rings. The molecule has 3 atom stereocenters. The van der Waals surface area contributed by atoms with Crippen LogP contribution in [0.5, 0.6) is 5.75 Å². The topological polar surface area (TPSA) is 75.3 Å². The predicted octanol–water partition coefficient (Wildman–Crippen LogP) is 4.00. The highest BCUT2D eigenvalue weighted by Crippen LogP contribution is 2.40. The van der Waals surface area contributed by atoms with Gasteiger partial charge in [0.05, 0.1) is 30.2 Å². The zero-order valence-electron chi connectivity index (χ0n) is 18.2. The maximum absolute atomic E-state index is 13.9. The van der Waals surface area contributed by atoms with Crippen molar-refractivity contribution in [1.29, 1.82) is 0 Å². The molecule has 3 unspecified atom stereocenters. The van der Waals surface area contributed by atoms with Crippen molar-refractivity contribution >= 4 is 16.9 Å². The Kier molecular flexibility index (Phi) is 4.99. The fourth-order valence-electron chi connectivity index (χ4n) is 5.17. The van der Waals surface area contributed by atoms with Gasteiger partial charge in [0.1, 0.15) is 36.0 Å². The third-order valence-corrected chi connectivity index (χ3v) is 7.13. The van der Waals surface area contributed by atoms with Crippen molar-refractivity contribution in [2.24, 2.45) is 0 Å². The van der Waals surface area contributed by atoms with Crippen LogP contribution in [0, 0.1) is 5.82 Å². The van der Waals surface area contributed by atoms with Gasteiger partial charge in [0.15, 0.2) is 0 Å². The van der Waals surface area contributed by atoms with Gasteiger partial charge in [0, 0.05) is 30.4 Å². The van der Waals surface area contributed by atoms with Crippen LogP contribution >= 0.6 is 0 Å². The second-order valence-corrected chi connectivity index (χ2v) is 9.20. The van der Waals surface area contributed by atoms with Crippen LogP contribution in [-0.4, -0.2) is 58.3 Å². The minimum atomic E-state index is -0.291. The van der Waals surface area contributed by atoms with E-state index in [1.54, 1.807) is 6.33 Å². The number of hydrogen-bond donors (Lipinski definition) is 2. The number of halogens is 1. The second kappa shape index (κ2) is 8.01. The van der Waals surface area contributed by atoms with E-state index in [2.05, 4.69) is 38.2 Å². The van der Waals surface area contributed by atoms with Gasteiger partial charge in [-0.25, -0.2) is 14.4 Å². The Morgan fingerprint density at radius 3 is 2.94 bits per heavy atom. The molecule has 2 aromatic heterocycles. The fraction of sp³-hybridized carbons (Fsp3) is 0.500.